The van der Waals surface area contributed by atoms with Crippen LogP contribution in [-0.4, -0.2) is 17.9 Å². The van der Waals surface area contributed by atoms with E-state index in [0.29, 0.717) is 6.42 Å². The van der Waals surface area contributed by atoms with Gasteiger partial charge in [-0.25, -0.2) is 0 Å². The molecule has 0 amide bonds. The summed E-state index contributed by atoms with van der Waals surface area (Å²) in [5.74, 6) is -1.92. The second kappa shape index (κ2) is 12.1. The van der Waals surface area contributed by atoms with Crippen LogP contribution in [0, 0.1) is 23.7 Å². The molecule has 0 N–H and O–H groups in total. The summed E-state index contributed by atoms with van der Waals surface area (Å²) < 4.78 is 14.3. The smallest absolute Gasteiger partial charge is 0.313 e. The zero-order valence-corrected chi connectivity index (χ0v) is 15.2. The molecule has 0 aromatic rings. The van der Waals surface area contributed by atoms with Gasteiger partial charge in [0.1, 0.15) is 0 Å². The molecule has 0 rings (SSSR count). The molecule has 0 aliphatic carbocycles. The van der Waals surface area contributed by atoms with Crippen molar-refractivity contribution < 1.29 is 28.6 Å². The van der Waals surface area contributed by atoms with E-state index in [1.165, 1.54) is 0 Å². The molecule has 25 heavy (non-hydrogen) atoms. The lowest BCUT2D eigenvalue weighted by atomic mass is 9.76. The maximum atomic E-state index is 11.9. The van der Waals surface area contributed by atoms with E-state index in [1.807, 2.05) is 13.8 Å². The van der Waals surface area contributed by atoms with Gasteiger partial charge in [0.2, 0.25) is 0 Å². The molecule has 0 spiro atoms. The Morgan fingerprint density at radius 2 is 1.32 bits per heavy atom. The van der Waals surface area contributed by atoms with Crippen LogP contribution in [0.4, 0.5) is 0 Å². The van der Waals surface area contributed by atoms with E-state index in [4.69, 9.17) is 14.2 Å². The van der Waals surface area contributed by atoms with E-state index >= 15 is 0 Å². The summed E-state index contributed by atoms with van der Waals surface area (Å²) >= 11 is 0. The van der Waals surface area contributed by atoms with Crippen LogP contribution >= 0.6 is 0 Å². The molecule has 6 nitrogen and oxygen atoms in total. The third kappa shape index (κ3) is 8.88. The van der Waals surface area contributed by atoms with Crippen LogP contribution in [0.25, 0.3) is 0 Å². The highest BCUT2D eigenvalue weighted by Crippen LogP contribution is 2.32. The van der Waals surface area contributed by atoms with Gasteiger partial charge in [-0.3, -0.25) is 14.4 Å². The number of rotatable bonds is 12. The van der Waals surface area contributed by atoms with Crippen LogP contribution in [0.5, 0.6) is 0 Å². The summed E-state index contributed by atoms with van der Waals surface area (Å²) in [5.41, 5.74) is 0. The topological polar surface area (TPSA) is 78.9 Å². The summed E-state index contributed by atoms with van der Waals surface area (Å²) in [6.07, 6.45) is 3.96. The third-order valence-corrected chi connectivity index (χ3v) is 4.25. The average Bonchev–Trinajstić information content (AvgIpc) is 2.53. The lowest BCUT2D eigenvalue weighted by molar-refractivity contribution is -0.145. The van der Waals surface area contributed by atoms with Crippen LogP contribution in [0.2, 0.25) is 0 Å². The van der Waals surface area contributed by atoms with E-state index in [1.54, 1.807) is 6.92 Å². The zero-order chi connectivity index (χ0) is 19.4. The van der Waals surface area contributed by atoms with Gasteiger partial charge in [-0.1, -0.05) is 40.5 Å². The molecular weight excluding hydrogens is 324 g/mol. The maximum Gasteiger partial charge on any atom is 0.313 e. The van der Waals surface area contributed by atoms with Crippen LogP contribution in [0.15, 0.2) is 38.5 Å². The van der Waals surface area contributed by atoms with Crippen molar-refractivity contribution in [1.29, 1.82) is 0 Å². The Morgan fingerprint density at radius 3 is 1.80 bits per heavy atom. The fourth-order valence-corrected chi connectivity index (χ4v) is 2.64. The van der Waals surface area contributed by atoms with Gasteiger partial charge in [-0.2, -0.15) is 0 Å². The van der Waals surface area contributed by atoms with Crippen molar-refractivity contribution in [2.24, 2.45) is 23.7 Å². The number of ether oxygens (including phenoxy) is 3. The molecule has 0 heterocycles. The summed E-state index contributed by atoms with van der Waals surface area (Å²) in [7, 11) is 0. The summed E-state index contributed by atoms with van der Waals surface area (Å²) in [4.78, 5) is 35.3. The highest BCUT2D eigenvalue weighted by atomic mass is 16.5. The summed E-state index contributed by atoms with van der Waals surface area (Å²) in [6, 6.07) is 0. The molecule has 4 atom stereocenters. The molecule has 0 aliphatic heterocycles. The first-order chi connectivity index (χ1) is 11.8. The van der Waals surface area contributed by atoms with Crippen molar-refractivity contribution in [3.63, 3.8) is 0 Å². The molecule has 0 saturated carbocycles. The molecule has 4 unspecified atom stereocenters. The van der Waals surface area contributed by atoms with Crippen molar-refractivity contribution >= 4 is 17.9 Å². The van der Waals surface area contributed by atoms with Crippen LogP contribution in [0.1, 0.15) is 40.0 Å². The number of esters is 3. The minimum Gasteiger partial charge on any atom is -0.435 e. The van der Waals surface area contributed by atoms with E-state index in [2.05, 4.69) is 19.7 Å². The SMILES string of the molecule is C=COC(=O)CC(C)C(C)C(CC(=O)OC=C)CC(C)C(=O)OC=C. The highest BCUT2D eigenvalue weighted by Gasteiger charge is 2.30. The second-order valence-corrected chi connectivity index (χ2v) is 6.06. The van der Waals surface area contributed by atoms with E-state index < -0.39 is 17.9 Å². The largest absolute Gasteiger partial charge is 0.435 e. The van der Waals surface area contributed by atoms with Gasteiger partial charge in [-0.05, 0) is 24.2 Å². The molecule has 0 aromatic carbocycles. The van der Waals surface area contributed by atoms with Gasteiger partial charge >= 0.3 is 17.9 Å². The van der Waals surface area contributed by atoms with Gasteiger partial charge in [0, 0.05) is 12.8 Å². The molecular formula is C19H28O6. The van der Waals surface area contributed by atoms with E-state index in [9.17, 15) is 14.4 Å². The van der Waals surface area contributed by atoms with Crippen LogP contribution in [0.3, 0.4) is 0 Å². The molecule has 0 aliphatic rings. The third-order valence-electron chi connectivity index (χ3n) is 4.25. The first-order valence-corrected chi connectivity index (χ1v) is 8.18. The lowest BCUT2D eigenvalue weighted by Gasteiger charge is -2.29. The van der Waals surface area contributed by atoms with Gasteiger partial charge in [0.25, 0.3) is 0 Å². The quantitative estimate of drug-likeness (QED) is 0.302. The average molecular weight is 352 g/mol. The van der Waals surface area contributed by atoms with Crippen molar-refractivity contribution in [2.45, 2.75) is 40.0 Å². The monoisotopic (exact) mass is 352 g/mol. The molecule has 0 radical (unpaired) electrons. The Hall–Kier alpha value is -2.37. The molecule has 0 aromatic heterocycles. The number of carbonyl (C=O) groups is 3. The normalized spacial score (nSPS) is 15.0. The van der Waals surface area contributed by atoms with Crippen molar-refractivity contribution in [2.75, 3.05) is 0 Å². The fourth-order valence-electron chi connectivity index (χ4n) is 2.64. The number of carbonyl (C=O) groups excluding carboxylic acids is 3. The van der Waals surface area contributed by atoms with E-state index in [-0.39, 0.29) is 36.6 Å². The van der Waals surface area contributed by atoms with Crippen LogP contribution < -0.4 is 0 Å². The summed E-state index contributed by atoms with van der Waals surface area (Å²) in [5, 5.41) is 0. The minimum absolute atomic E-state index is 0.0336. The molecule has 6 heteroatoms. The van der Waals surface area contributed by atoms with Crippen LogP contribution in [-0.2, 0) is 28.6 Å². The van der Waals surface area contributed by atoms with Gasteiger partial charge in [0.05, 0.1) is 24.7 Å². The fraction of sp³-hybridized carbons (Fsp3) is 0.526. The Balaban J connectivity index is 5.07. The Kier molecular flexibility index (Phi) is 10.9. The van der Waals surface area contributed by atoms with E-state index in [0.717, 1.165) is 18.8 Å². The lowest BCUT2D eigenvalue weighted by Crippen LogP contribution is -2.27. The number of hydrogen-bond acceptors (Lipinski definition) is 6. The Bertz CT molecular complexity index is 496. The van der Waals surface area contributed by atoms with Gasteiger partial charge in [-0.15, -0.1) is 0 Å². The minimum atomic E-state index is -0.433. The first-order valence-electron chi connectivity index (χ1n) is 8.18. The zero-order valence-electron chi connectivity index (χ0n) is 15.2. The van der Waals surface area contributed by atoms with Crippen molar-refractivity contribution in [3.8, 4) is 0 Å². The molecule has 0 fully saturated rings. The molecule has 140 valence electrons. The predicted octanol–water partition coefficient (Wildman–Crippen LogP) is 3.74. The predicted molar refractivity (Wildman–Crippen MR) is 93.7 cm³/mol. The highest BCUT2D eigenvalue weighted by molar-refractivity contribution is 5.73. The summed E-state index contributed by atoms with van der Waals surface area (Å²) in [6.45, 7) is 15.6. The standard InChI is InChI=1S/C19H28O6/c1-7-23-17(20)11-13(4)15(6)16(12-18(21)24-8-2)10-14(5)19(22)25-9-3/h7-9,13-16H,1-3,10-12H2,4-6H3. The van der Waals surface area contributed by atoms with Crippen molar-refractivity contribution in [1.82, 2.24) is 0 Å². The Morgan fingerprint density at radius 1 is 0.840 bits per heavy atom. The van der Waals surface area contributed by atoms with Gasteiger partial charge in [0.15, 0.2) is 0 Å². The second-order valence-electron chi connectivity index (χ2n) is 6.06. The van der Waals surface area contributed by atoms with Gasteiger partial charge < -0.3 is 14.2 Å². The number of hydrogen-bond donors (Lipinski definition) is 0. The molecule has 0 bridgehead atoms. The Labute approximate surface area is 149 Å². The van der Waals surface area contributed by atoms with Crippen molar-refractivity contribution in [3.05, 3.63) is 38.5 Å². The maximum absolute atomic E-state index is 11.9. The molecule has 0 saturated heterocycles. The first kappa shape index (κ1) is 22.6.